The first kappa shape index (κ1) is 36.6. The molecule has 1 unspecified atom stereocenters. The summed E-state index contributed by atoms with van der Waals surface area (Å²) < 4.78 is 90.7. The number of ether oxygens (including phenoxy) is 4. The van der Waals surface area contributed by atoms with E-state index in [1.807, 2.05) is 13.8 Å². The zero-order chi connectivity index (χ0) is 36.4. The van der Waals surface area contributed by atoms with Crippen molar-refractivity contribution in [3.63, 3.8) is 0 Å². The molecular weight excluding hydrogens is 707 g/mol. The topological polar surface area (TPSA) is 176 Å². The second-order valence-electron chi connectivity index (χ2n) is 11.2. The maximum atomic E-state index is 14.4. The van der Waals surface area contributed by atoms with E-state index in [2.05, 4.69) is 9.97 Å². The molecule has 5 rings (SSSR count). The minimum absolute atomic E-state index is 0.00818. The number of fused-ring (bicyclic) bond motifs is 1. The van der Waals surface area contributed by atoms with Crippen molar-refractivity contribution >= 4 is 48.0 Å². The fourth-order valence-corrected chi connectivity index (χ4v) is 9.37. The van der Waals surface area contributed by atoms with Gasteiger partial charge in [-0.25, -0.2) is 21.6 Å². The van der Waals surface area contributed by atoms with Crippen LogP contribution >= 0.6 is 0 Å². The van der Waals surface area contributed by atoms with Gasteiger partial charge in [0.25, 0.3) is 10.0 Å². The number of benzene rings is 3. The number of sulfone groups is 1. The minimum Gasteiger partial charge on any atom is -0.609 e. The van der Waals surface area contributed by atoms with Crippen molar-refractivity contribution in [1.82, 2.24) is 13.9 Å². The third-order valence-electron chi connectivity index (χ3n) is 7.91. The molecule has 0 N–H and O–H groups in total. The zero-order valence-electron chi connectivity index (χ0n) is 28.1. The van der Waals surface area contributed by atoms with Gasteiger partial charge in [0, 0.05) is 34.6 Å². The normalized spacial score (nSPS) is 12.5. The first-order chi connectivity index (χ1) is 23.7. The maximum Gasteiger partial charge on any atom is 0.341 e. The molecule has 2 heterocycles. The summed E-state index contributed by atoms with van der Waals surface area (Å²) in [4.78, 5) is 21.8. The van der Waals surface area contributed by atoms with Crippen LogP contribution in [0.25, 0.3) is 11.0 Å². The van der Waals surface area contributed by atoms with Crippen molar-refractivity contribution < 1.29 is 45.1 Å². The molecule has 2 aromatic heterocycles. The van der Waals surface area contributed by atoms with Crippen LogP contribution in [0.1, 0.15) is 32.7 Å². The molecule has 16 heteroatoms. The number of rotatable bonds is 13. The highest BCUT2D eigenvalue weighted by atomic mass is 32.2. The molecule has 0 bridgehead atoms. The summed E-state index contributed by atoms with van der Waals surface area (Å²) >= 11 is -2.04. The van der Waals surface area contributed by atoms with E-state index >= 15 is 0 Å². The number of pyridine rings is 1. The SMILES string of the molecule is COc1ccc2nc([S+]([O-])Cc3ncc(C)c(OC)c3C)n(S(=O)(=O)c3ccc(OC)c(C(=O)OCCS(=O)(=O)c4ccc(C)cc4)c3)c2c1. The Labute approximate surface area is 293 Å². The second-order valence-corrected chi connectivity index (χ2v) is 16.4. The molecule has 0 spiro atoms. The zero-order valence-corrected chi connectivity index (χ0v) is 30.6. The molecule has 13 nitrogen and oxygen atoms in total. The van der Waals surface area contributed by atoms with Crippen LogP contribution in [-0.2, 0) is 41.5 Å². The summed E-state index contributed by atoms with van der Waals surface area (Å²) in [6.45, 7) is 4.92. The van der Waals surface area contributed by atoms with Crippen molar-refractivity contribution in [1.29, 1.82) is 0 Å². The minimum atomic E-state index is -4.61. The number of esters is 1. The van der Waals surface area contributed by atoms with Crippen molar-refractivity contribution in [2.24, 2.45) is 0 Å². The lowest BCUT2D eigenvalue weighted by Crippen LogP contribution is -2.21. The molecule has 0 fully saturated rings. The number of carbonyl (C=O) groups is 1. The first-order valence-corrected chi connectivity index (χ1v) is 19.5. The van der Waals surface area contributed by atoms with Gasteiger partial charge in [-0.1, -0.05) is 17.7 Å². The van der Waals surface area contributed by atoms with E-state index < -0.39 is 49.4 Å². The number of hydrogen-bond acceptors (Lipinski definition) is 12. The first-order valence-electron chi connectivity index (χ1n) is 15.1. The van der Waals surface area contributed by atoms with Gasteiger partial charge in [0.15, 0.2) is 15.6 Å². The van der Waals surface area contributed by atoms with Gasteiger partial charge in [-0.05, 0) is 63.2 Å². The average Bonchev–Trinajstić information content (AvgIpc) is 3.49. The highest BCUT2D eigenvalue weighted by Crippen LogP contribution is 2.33. The number of imidazole rings is 1. The highest BCUT2D eigenvalue weighted by Gasteiger charge is 2.33. The monoisotopic (exact) mass is 741 g/mol. The fraction of sp³-hybridized carbons (Fsp3) is 0.265. The Bertz CT molecular complexity index is 2290. The smallest absolute Gasteiger partial charge is 0.341 e. The van der Waals surface area contributed by atoms with Crippen LogP contribution in [0.4, 0.5) is 0 Å². The van der Waals surface area contributed by atoms with Crippen LogP contribution in [0.3, 0.4) is 0 Å². The molecule has 0 saturated carbocycles. The van der Waals surface area contributed by atoms with Crippen LogP contribution in [0.15, 0.2) is 81.8 Å². The van der Waals surface area contributed by atoms with E-state index in [0.29, 0.717) is 22.8 Å². The Morgan fingerprint density at radius 2 is 1.58 bits per heavy atom. The Hall–Kier alpha value is -4.64. The number of nitrogens with zero attached hydrogens (tertiary/aromatic N) is 3. The van der Waals surface area contributed by atoms with Gasteiger partial charge in [-0.3, -0.25) is 4.98 Å². The number of hydrogen-bond donors (Lipinski definition) is 0. The fourth-order valence-electron chi connectivity index (χ4n) is 5.22. The van der Waals surface area contributed by atoms with Crippen LogP contribution in [0.2, 0.25) is 0 Å². The van der Waals surface area contributed by atoms with Gasteiger partial charge >= 0.3 is 11.1 Å². The van der Waals surface area contributed by atoms with Gasteiger partial charge in [0.2, 0.25) is 0 Å². The van der Waals surface area contributed by atoms with E-state index in [4.69, 9.17) is 18.9 Å². The molecular formula is C34H35N3O10S3. The molecule has 0 saturated heterocycles. The Morgan fingerprint density at radius 3 is 2.24 bits per heavy atom. The third-order valence-corrected chi connectivity index (χ3v) is 12.6. The molecule has 3 aromatic carbocycles. The summed E-state index contributed by atoms with van der Waals surface area (Å²) in [5.41, 5.74) is 2.79. The van der Waals surface area contributed by atoms with Gasteiger partial charge in [-0.2, -0.15) is 8.96 Å². The summed E-state index contributed by atoms with van der Waals surface area (Å²) in [5.74, 6) is -0.791. The van der Waals surface area contributed by atoms with Crippen LogP contribution in [0, 0.1) is 20.8 Å². The predicted octanol–water partition coefficient (Wildman–Crippen LogP) is 4.56. The van der Waals surface area contributed by atoms with Gasteiger partial charge in [-0.15, -0.1) is 0 Å². The molecule has 0 radical (unpaired) electrons. The standard InChI is InChI=1S/C34H35N3O10S3/c1-21-7-10-25(11-8-21)49(40,41)16-15-47-33(38)27-18-26(12-14-31(27)45-5)50(42,43)37-30-17-24(44-4)9-13-28(30)36-34(37)48(39)20-29-23(3)32(46-6)22(2)19-35-29/h7-14,17-19H,15-16,20H2,1-6H3. The van der Waals surface area contributed by atoms with Crippen molar-refractivity contribution in [2.75, 3.05) is 33.7 Å². The van der Waals surface area contributed by atoms with Crippen LogP contribution in [0.5, 0.6) is 17.2 Å². The molecule has 0 amide bonds. The molecule has 5 aromatic rings. The second kappa shape index (κ2) is 14.7. The predicted molar refractivity (Wildman–Crippen MR) is 186 cm³/mol. The van der Waals surface area contributed by atoms with Crippen LogP contribution < -0.4 is 14.2 Å². The molecule has 0 aliphatic heterocycles. The van der Waals surface area contributed by atoms with E-state index in [1.165, 1.54) is 51.7 Å². The summed E-state index contributed by atoms with van der Waals surface area (Å²) in [7, 11) is -4.15. The number of aryl methyl sites for hydroxylation is 2. The largest absolute Gasteiger partial charge is 0.609 e. The molecule has 0 aliphatic carbocycles. The summed E-state index contributed by atoms with van der Waals surface area (Å²) in [6.07, 6.45) is 1.58. The lowest BCUT2D eigenvalue weighted by atomic mass is 10.1. The van der Waals surface area contributed by atoms with E-state index in [1.54, 1.807) is 37.4 Å². The average molecular weight is 742 g/mol. The molecule has 264 valence electrons. The van der Waals surface area contributed by atoms with Gasteiger partial charge < -0.3 is 23.5 Å². The van der Waals surface area contributed by atoms with E-state index in [9.17, 15) is 26.2 Å². The van der Waals surface area contributed by atoms with Gasteiger partial charge in [0.1, 0.15) is 29.4 Å². The summed E-state index contributed by atoms with van der Waals surface area (Å²) in [5, 5.41) is -0.282. The Balaban J connectivity index is 1.51. The van der Waals surface area contributed by atoms with Crippen LogP contribution in [-0.4, -0.2) is 75.0 Å². The number of carbonyl (C=O) groups excluding carboxylic acids is 1. The van der Waals surface area contributed by atoms with Crippen molar-refractivity contribution in [3.05, 3.63) is 94.8 Å². The van der Waals surface area contributed by atoms with Crippen molar-refractivity contribution in [3.8, 4) is 17.2 Å². The molecule has 1 atom stereocenters. The number of methoxy groups -OCH3 is 3. The summed E-state index contributed by atoms with van der Waals surface area (Å²) in [6, 6.07) is 14.4. The van der Waals surface area contributed by atoms with E-state index in [-0.39, 0.29) is 43.0 Å². The third kappa shape index (κ3) is 7.28. The molecule has 0 aliphatic rings. The lowest BCUT2D eigenvalue weighted by Gasteiger charge is -2.16. The van der Waals surface area contributed by atoms with E-state index in [0.717, 1.165) is 21.2 Å². The molecule has 50 heavy (non-hydrogen) atoms. The lowest BCUT2D eigenvalue weighted by molar-refractivity contribution is 0.0525. The maximum absolute atomic E-state index is 14.4. The van der Waals surface area contributed by atoms with Crippen molar-refractivity contribution in [2.45, 2.75) is 41.5 Å². The van der Waals surface area contributed by atoms with Gasteiger partial charge in [0.05, 0.1) is 53.6 Å². The number of aromatic nitrogens is 3. The Kier molecular flexibility index (Phi) is 10.8. The quantitative estimate of drug-likeness (QED) is 0.122. The highest BCUT2D eigenvalue weighted by molar-refractivity contribution is 7.93. The Morgan fingerprint density at radius 1 is 0.880 bits per heavy atom.